The van der Waals surface area contributed by atoms with Gasteiger partial charge >= 0.3 is 5.97 Å². The number of hydrogen-bond acceptors (Lipinski definition) is 6. The van der Waals surface area contributed by atoms with E-state index in [-0.39, 0.29) is 17.3 Å². The second kappa shape index (κ2) is 10.4. The van der Waals surface area contributed by atoms with Crippen LogP contribution in [-0.2, 0) is 19.6 Å². The first-order valence-corrected chi connectivity index (χ1v) is 15.1. The number of benzene rings is 1. The average Bonchev–Trinajstić information content (AvgIpc) is 3.18. The lowest BCUT2D eigenvalue weighted by molar-refractivity contribution is -0.150. The number of anilines is 1. The van der Waals surface area contributed by atoms with Gasteiger partial charge < -0.3 is 9.64 Å². The van der Waals surface area contributed by atoms with E-state index >= 15 is 0 Å². The van der Waals surface area contributed by atoms with E-state index in [4.69, 9.17) is 4.74 Å². The van der Waals surface area contributed by atoms with Crippen LogP contribution in [0, 0.1) is 12.3 Å². The van der Waals surface area contributed by atoms with Gasteiger partial charge in [-0.2, -0.15) is 0 Å². The molecular weight excluding hydrogens is 462 g/mol. The molecule has 1 aromatic rings. The second-order valence-electron chi connectivity index (χ2n) is 11.2. The lowest BCUT2D eigenvalue weighted by Gasteiger charge is -2.38. The monoisotopic (exact) mass is 503 g/mol. The summed E-state index contributed by atoms with van der Waals surface area (Å²) in [6.45, 7) is 8.05. The number of nitrogens with zero attached hydrogens (tertiary/aromatic N) is 3. The molecule has 1 spiro atoms. The van der Waals surface area contributed by atoms with E-state index < -0.39 is 15.4 Å². The number of piperidine rings is 1. The summed E-state index contributed by atoms with van der Waals surface area (Å²) in [7, 11) is -3.24. The molecule has 4 aliphatic rings. The van der Waals surface area contributed by atoms with Crippen LogP contribution in [0.5, 0.6) is 0 Å². The Bertz CT molecular complexity index is 974. The van der Waals surface area contributed by atoms with E-state index in [1.165, 1.54) is 11.3 Å². The lowest BCUT2D eigenvalue weighted by Crippen LogP contribution is -2.48. The Morgan fingerprint density at radius 3 is 2.26 bits per heavy atom. The number of cyclic esters (lactones) is 1. The third-order valence-electron chi connectivity index (χ3n) is 8.88. The SMILES string of the molecule is Cc1ccc(N2CCN(CC[C@@H]3CC4(CCN(S(=O)(=O)C5CCCCC5)CC4)C(=O)O3)CC2)cc1. The molecule has 3 heterocycles. The van der Waals surface area contributed by atoms with Gasteiger partial charge in [0.2, 0.25) is 10.0 Å². The molecule has 7 nitrogen and oxygen atoms in total. The first-order valence-electron chi connectivity index (χ1n) is 13.6. The second-order valence-corrected chi connectivity index (χ2v) is 13.4. The molecule has 0 unspecified atom stereocenters. The van der Waals surface area contributed by atoms with Gasteiger partial charge in [-0.25, -0.2) is 12.7 Å². The molecule has 0 N–H and O–H groups in total. The van der Waals surface area contributed by atoms with Crippen LogP contribution in [0.1, 0.15) is 63.4 Å². The molecular formula is C27H41N3O4S. The summed E-state index contributed by atoms with van der Waals surface area (Å²) in [5, 5.41) is -0.222. The van der Waals surface area contributed by atoms with Crippen LogP contribution < -0.4 is 4.90 Å². The molecule has 0 bridgehead atoms. The molecule has 0 amide bonds. The summed E-state index contributed by atoms with van der Waals surface area (Å²) in [5.41, 5.74) is 2.10. The van der Waals surface area contributed by atoms with E-state index in [0.717, 1.165) is 77.7 Å². The quantitative estimate of drug-likeness (QED) is 0.553. The van der Waals surface area contributed by atoms with Crippen LogP contribution in [-0.4, -0.2) is 80.8 Å². The van der Waals surface area contributed by atoms with E-state index in [1.807, 2.05) is 0 Å². The molecule has 35 heavy (non-hydrogen) atoms. The van der Waals surface area contributed by atoms with Gasteiger partial charge in [-0.05, 0) is 51.2 Å². The molecule has 0 radical (unpaired) electrons. The molecule has 5 rings (SSSR count). The van der Waals surface area contributed by atoms with Crippen LogP contribution in [0.3, 0.4) is 0 Å². The lowest BCUT2D eigenvalue weighted by atomic mass is 9.76. The van der Waals surface area contributed by atoms with Crippen LogP contribution >= 0.6 is 0 Å². The summed E-state index contributed by atoms with van der Waals surface area (Å²) in [5.74, 6) is -0.0959. The van der Waals surface area contributed by atoms with Gasteiger partial charge in [0.1, 0.15) is 6.10 Å². The van der Waals surface area contributed by atoms with Gasteiger partial charge in [0.15, 0.2) is 0 Å². The van der Waals surface area contributed by atoms with E-state index in [0.29, 0.717) is 25.9 Å². The molecule has 3 aliphatic heterocycles. The number of carbonyl (C=O) groups is 1. The fourth-order valence-corrected chi connectivity index (χ4v) is 8.50. The zero-order valence-corrected chi connectivity index (χ0v) is 22.0. The molecule has 4 fully saturated rings. The number of esters is 1. The van der Waals surface area contributed by atoms with Crippen LogP contribution in [0.25, 0.3) is 0 Å². The Kier molecular flexibility index (Phi) is 7.43. The van der Waals surface area contributed by atoms with Gasteiger partial charge in [0, 0.05) is 57.9 Å². The van der Waals surface area contributed by atoms with Crippen LogP contribution in [0.4, 0.5) is 5.69 Å². The van der Waals surface area contributed by atoms with Crippen molar-refractivity contribution >= 4 is 21.7 Å². The minimum absolute atomic E-state index is 0.0425. The van der Waals surface area contributed by atoms with E-state index in [2.05, 4.69) is 41.0 Å². The van der Waals surface area contributed by atoms with Crippen molar-refractivity contribution in [3.8, 4) is 0 Å². The predicted octanol–water partition coefficient (Wildman–Crippen LogP) is 3.57. The topological polar surface area (TPSA) is 70.2 Å². The predicted molar refractivity (Wildman–Crippen MR) is 138 cm³/mol. The normalized spacial score (nSPS) is 26.8. The summed E-state index contributed by atoms with van der Waals surface area (Å²) < 4.78 is 33.7. The maximum absolute atomic E-state index is 13.1. The van der Waals surface area contributed by atoms with Crippen molar-refractivity contribution in [1.29, 1.82) is 0 Å². The highest BCUT2D eigenvalue weighted by Gasteiger charge is 2.51. The maximum atomic E-state index is 13.1. The van der Waals surface area contributed by atoms with Crippen molar-refractivity contribution in [2.75, 3.05) is 50.7 Å². The molecule has 194 valence electrons. The fraction of sp³-hybridized carbons (Fsp3) is 0.741. The smallest absolute Gasteiger partial charge is 0.312 e. The Labute approximate surface area is 210 Å². The third kappa shape index (κ3) is 5.39. The van der Waals surface area contributed by atoms with Gasteiger partial charge in [-0.1, -0.05) is 37.0 Å². The summed E-state index contributed by atoms with van der Waals surface area (Å²) in [4.78, 5) is 17.8. The summed E-state index contributed by atoms with van der Waals surface area (Å²) in [6, 6.07) is 8.74. The van der Waals surface area contributed by atoms with E-state index in [9.17, 15) is 13.2 Å². The Hall–Kier alpha value is -1.64. The molecule has 1 saturated carbocycles. The number of ether oxygens (including phenoxy) is 1. The number of aryl methyl sites for hydroxylation is 1. The summed E-state index contributed by atoms with van der Waals surface area (Å²) in [6.07, 6.45) is 7.50. The van der Waals surface area contributed by atoms with Gasteiger partial charge in [-0.15, -0.1) is 0 Å². The molecule has 3 saturated heterocycles. The van der Waals surface area contributed by atoms with Gasteiger partial charge in [-0.3, -0.25) is 9.69 Å². The number of rotatable bonds is 6. The zero-order valence-electron chi connectivity index (χ0n) is 21.2. The number of carbonyl (C=O) groups excluding carboxylic acids is 1. The van der Waals surface area contributed by atoms with Gasteiger partial charge in [0.25, 0.3) is 0 Å². The molecule has 1 aromatic carbocycles. The van der Waals surface area contributed by atoms with Crippen LogP contribution in [0.15, 0.2) is 24.3 Å². The number of sulfonamides is 1. The standard InChI is InChI=1S/C27H41N3O4S/c1-22-7-9-23(10-8-22)29-19-17-28(18-20-29)14-11-24-21-27(26(31)34-24)12-15-30(16-13-27)35(32,33)25-5-3-2-4-6-25/h7-10,24-25H,2-6,11-21H2,1H3/t24-/m1/s1. The fourth-order valence-electron chi connectivity index (χ4n) is 6.46. The minimum atomic E-state index is -3.24. The number of piperazine rings is 1. The third-order valence-corrected chi connectivity index (χ3v) is 11.3. The highest BCUT2D eigenvalue weighted by molar-refractivity contribution is 7.89. The van der Waals surface area contributed by atoms with Crippen LogP contribution in [0.2, 0.25) is 0 Å². The van der Waals surface area contributed by atoms with Crippen molar-refractivity contribution < 1.29 is 17.9 Å². The summed E-state index contributed by atoms with van der Waals surface area (Å²) >= 11 is 0. The van der Waals surface area contributed by atoms with Gasteiger partial charge in [0.05, 0.1) is 10.7 Å². The Morgan fingerprint density at radius 1 is 0.943 bits per heavy atom. The maximum Gasteiger partial charge on any atom is 0.312 e. The molecule has 8 heteroatoms. The van der Waals surface area contributed by atoms with Crippen molar-refractivity contribution in [3.63, 3.8) is 0 Å². The minimum Gasteiger partial charge on any atom is -0.462 e. The highest BCUT2D eigenvalue weighted by atomic mass is 32.2. The molecule has 1 aliphatic carbocycles. The van der Waals surface area contributed by atoms with Crippen molar-refractivity contribution in [2.45, 2.75) is 76.1 Å². The Balaban J connectivity index is 1.08. The first kappa shape index (κ1) is 25.0. The van der Waals surface area contributed by atoms with Crippen molar-refractivity contribution in [3.05, 3.63) is 29.8 Å². The molecule has 1 atom stereocenters. The van der Waals surface area contributed by atoms with E-state index in [1.54, 1.807) is 4.31 Å². The first-order chi connectivity index (χ1) is 16.9. The largest absolute Gasteiger partial charge is 0.462 e. The Morgan fingerprint density at radius 2 is 1.60 bits per heavy atom. The van der Waals surface area contributed by atoms with Crippen molar-refractivity contribution in [1.82, 2.24) is 9.21 Å². The molecule has 0 aromatic heterocycles. The van der Waals surface area contributed by atoms with Crippen molar-refractivity contribution in [2.24, 2.45) is 5.41 Å². The zero-order chi connectivity index (χ0) is 24.5. The number of hydrogen-bond donors (Lipinski definition) is 0. The average molecular weight is 504 g/mol. The highest BCUT2D eigenvalue weighted by Crippen LogP contribution is 2.45.